The Bertz CT molecular complexity index is 724. The molecule has 7 N–H and O–H groups in total. The Balaban J connectivity index is 3.01. The van der Waals surface area contributed by atoms with Crippen LogP contribution in [0.1, 0.15) is 19.8 Å². The maximum atomic E-state index is 12.6. The van der Waals surface area contributed by atoms with Crippen molar-refractivity contribution >= 4 is 33.8 Å². The van der Waals surface area contributed by atoms with E-state index < -0.39 is 70.3 Å². The van der Waals surface area contributed by atoms with Gasteiger partial charge in [-0.05, 0) is 19.8 Å². The minimum absolute atomic E-state index is 0.104. The number of carbonyl (C=O) groups excluding carboxylic acids is 3. The fraction of sp³-hybridized carbons (Fsp3) is 0.714. The van der Waals surface area contributed by atoms with Crippen molar-refractivity contribution < 1.29 is 42.4 Å². The average molecular weight is 424 g/mol. The highest BCUT2D eigenvalue weighted by Gasteiger charge is 2.40. The Hall–Kier alpha value is -2.29. The van der Waals surface area contributed by atoms with Gasteiger partial charge in [0.15, 0.2) is 0 Å². The number of hydrogen-bond acceptors (Lipinski definition) is 8. The van der Waals surface area contributed by atoms with E-state index in [4.69, 9.17) is 10.3 Å². The van der Waals surface area contributed by atoms with Gasteiger partial charge < -0.3 is 31.5 Å². The van der Waals surface area contributed by atoms with Crippen LogP contribution in [0.15, 0.2) is 0 Å². The molecule has 1 aliphatic rings. The number of likely N-dealkylation sites (tertiary alicyclic amines) is 1. The topological polar surface area (TPSA) is 216 Å². The van der Waals surface area contributed by atoms with Gasteiger partial charge in [-0.3, -0.25) is 18.9 Å². The number of nitrogens with one attached hydrogen (secondary N) is 2. The second kappa shape index (κ2) is 9.77. The summed E-state index contributed by atoms with van der Waals surface area (Å²) in [5, 5.41) is 23.1. The zero-order valence-electron chi connectivity index (χ0n) is 15.1. The van der Waals surface area contributed by atoms with Crippen LogP contribution in [0.5, 0.6) is 0 Å². The third kappa shape index (κ3) is 6.70. The lowest BCUT2D eigenvalue weighted by atomic mass is 10.1. The number of nitrogens with zero attached hydrogens (tertiary/aromatic N) is 1. The number of carboxylic acid groups (broad SMARTS) is 1. The van der Waals surface area contributed by atoms with Crippen molar-refractivity contribution in [1.82, 2.24) is 15.5 Å². The quantitative estimate of drug-likeness (QED) is 0.199. The van der Waals surface area contributed by atoms with E-state index in [1.807, 2.05) is 5.32 Å². The largest absolute Gasteiger partial charge is 0.480 e. The molecule has 0 spiro atoms. The lowest BCUT2D eigenvalue weighted by Crippen LogP contribution is -2.60. The van der Waals surface area contributed by atoms with E-state index >= 15 is 0 Å². The number of rotatable bonds is 9. The van der Waals surface area contributed by atoms with Gasteiger partial charge in [0.2, 0.25) is 17.7 Å². The summed E-state index contributed by atoms with van der Waals surface area (Å²) in [4.78, 5) is 48.7. The molecule has 0 bridgehead atoms. The molecule has 28 heavy (non-hydrogen) atoms. The minimum atomic E-state index is -4.69. The summed E-state index contributed by atoms with van der Waals surface area (Å²) in [5.74, 6) is -5.36. The van der Waals surface area contributed by atoms with Crippen LogP contribution in [0.3, 0.4) is 0 Å². The Morgan fingerprint density at radius 3 is 2.32 bits per heavy atom. The first kappa shape index (κ1) is 23.7. The van der Waals surface area contributed by atoms with Gasteiger partial charge in [-0.25, -0.2) is 4.79 Å². The second-order valence-electron chi connectivity index (χ2n) is 6.33. The third-order valence-electron chi connectivity index (χ3n) is 4.08. The fourth-order valence-electron chi connectivity index (χ4n) is 2.76. The zero-order valence-corrected chi connectivity index (χ0v) is 15.9. The standard InChI is InChI=1S/C14H24N4O9S/c1-7(19)11(13(22)18-4-2-3-9(18)14(23)24)17-12(21)8(6-28(25,26)27)16-10(20)5-15/h7-9,11,19H,2-6,15H2,1H3,(H,16,20)(H,17,21)(H,23,24)(H,25,26,27)/t7-,8+,9+,11+/m1/s1. The summed E-state index contributed by atoms with van der Waals surface area (Å²) >= 11 is 0. The normalized spacial score (nSPS) is 20.1. The van der Waals surface area contributed by atoms with Crippen LogP contribution in [0.25, 0.3) is 0 Å². The molecule has 3 amide bonds. The van der Waals surface area contributed by atoms with Gasteiger partial charge >= 0.3 is 5.97 Å². The van der Waals surface area contributed by atoms with Crippen molar-refractivity contribution in [2.45, 2.75) is 44.0 Å². The SMILES string of the molecule is C[C@@H](O)[C@H](NC(=O)[C@H](CS(=O)(=O)O)NC(=O)CN)C(=O)N1CCC[C@H]1C(=O)O. The highest BCUT2D eigenvalue weighted by atomic mass is 32.2. The first-order valence-electron chi connectivity index (χ1n) is 8.33. The second-order valence-corrected chi connectivity index (χ2v) is 7.82. The van der Waals surface area contributed by atoms with Crippen molar-refractivity contribution in [3.05, 3.63) is 0 Å². The number of aliphatic hydroxyl groups excluding tert-OH is 1. The van der Waals surface area contributed by atoms with E-state index in [-0.39, 0.29) is 13.0 Å². The zero-order chi connectivity index (χ0) is 21.6. The molecule has 1 aliphatic heterocycles. The van der Waals surface area contributed by atoms with Gasteiger partial charge in [-0.15, -0.1) is 0 Å². The monoisotopic (exact) mass is 424 g/mol. The molecule has 0 aromatic heterocycles. The smallest absolute Gasteiger partial charge is 0.326 e. The van der Waals surface area contributed by atoms with Crippen LogP contribution in [-0.4, -0.2) is 94.8 Å². The number of carboxylic acids is 1. The van der Waals surface area contributed by atoms with E-state index in [1.165, 1.54) is 6.92 Å². The van der Waals surface area contributed by atoms with Crippen molar-refractivity contribution in [3.63, 3.8) is 0 Å². The first-order valence-corrected chi connectivity index (χ1v) is 9.94. The molecule has 1 heterocycles. The predicted octanol–water partition coefficient (Wildman–Crippen LogP) is -3.74. The molecule has 14 heteroatoms. The summed E-state index contributed by atoms with van der Waals surface area (Å²) in [6.45, 7) is 0.709. The van der Waals surface area contributed by atoms with Crippen LogP contribution in [0, 0.1) is 0 Å². The minimum Gasteiger partial charge on any atom is -0.480 e. The molecule has 4 atom stereocenters. The van der Waals surface area contributed by atoms with E-state index in [0.29, 0.717) is 6.42 Å². The van der Waals surface area contributed by atoms with E-state index in [0.717, 1.165) is 4.90 Å². The fourth-order valence-corrected chi connectivity index (χ4v) is 3.41. The molecule has 160 valence electrons. The molecular formula is C14H24N4O9S. The number of hydrogen-bond donors (Lipinski definition) is 6. The lowest BCUT2D eigenvalue weighted by molar-refractivity contribution is -0.150. The summed E-state index contributed by atoms with van der Waals surface area (Å²) < 4.78 is 31.2. The molecule has 1 rings (SSSR count). The molecular weight excluding hydrogens is 400 g/mol. The predicted molar refractivity (Wildman–Crippen MR) is 93.4 cm³/mol. The molecule has 0 aliphatic carbocycles. The molecule has 0 aromatic carbocycles. The van der Waals surface area contributed by atoms with E-state index in [9.17, 15) is 37.8 Å². The van der Waals surface area contributed by atoms with Gasteiger partial charge in [0.1, 0.15) is 23.9 Å². The van der Waals surface area contributed by atoms with Crippen LogP contribution in [0.4, 0.5) is 0 Å². The maximum Gasteiger partial charge on any atom is 0.326 e. The van der Waals surface area contributed by atoms with Gasteiger partial charge in [0, 0.05) is 6.54 Å². The Kier molecular flexibility index (Phi) is 8.29. The first-order chi connectivity index (χ1) is 12.9. The highest BCUT2D eigenvalue weighted by Crippen LogP contribution is 2.19. The Labute approximate surface area is 161 Å². The number of aliphatic hydroxyl groups is 1. The molecule has 0 radical (unpaired) electrons. The Morgan fingerprint density at radius 1 is 1.25 bits per heavy atom. The molecule has 0 saturated carbocycles. The summed E-state index contributed by atoms with van der Waals surface area (Å²) in [6, 6.07) is -4.49. The van der Waals surface area contributed by atoms with Gasteiger partial charge in [0.05, 0.1) is 12.6 Å². The number of aliphatic carboxylic acids is 1. The van der Waals surface area contributed by atoms with E-state index in [1.54, 1.807) is 0 Å². The molecule has 1 saturated heterocycles. The summed E-state index contributed by atoms with van der Waals surface area (Å²) in [6.07, 6.45) is -0.830. The van der Waals surface area contributed by atoms with Gasteiger partial charge in [0.25, 0.3) is 10.1 Å². The van der Waals surface area contributed by atoms with Crippen molar-refractivity contribution in [3.8, 4) is 0 Å². The maximum absolute atomic E-state index is 12.6. The Morgan fingerprint density at radius 2 is 1.86 bits per heavy atom. The van der Waals surface area contributed by atoms with Crippen LogP contribution in [0.2, 0.25) is 0 Å². The average Bonchev–Trinajstić information content (AvgIpc) is 3.06. The summed E-state index contributed by atoms with van der Waals surface area (Å²) in [5.41, 5.74) is 5.10. The molecule has 0 unspecified atom stereocenters. The molecule has 13 nitrogen and oxygen atoms in total. The highest BCUT2D eigenvalue weighted by molar-refractivity contribution is 7.85. The third-order valence-corrected chi connectivity index (χ3v) is 4.84. The summed E-state index contributed by atoms with van der Waals surface area (Å²) in [7, 11) is -4.69. The van der Waals surface area contributed by atoms with Gasteiger partial charge in [-0.1, -0.05) is 0 Å². The molecule has 0 aromatic rings. The van der Waals surface area contributed by atoms with Gasteiger partial charge in [-0.2, -0.15) is 8.42 Å². The molecule has 1 fully saturated rings. The van der Waals surface area contributed by atoms with Crippen molar-refractivity contribution in [1.29, 1.82) is 0 Å². The number of carbonyl (C=O) groups is 4. The van der Waals surface area contributed by atoms with Crippen LogP contribution in [-0.2, 0) is 29.3 Å². The lowest BCUT2D eigenvalue weighted by Gasteiger charge is -2.29. The van der Waals surface area contributed by atoms with Crippen molar-refractivity contribution in [2.24, 2.45) is 5.73 Å². The van der Waals surface area contributed by atoms with Crippen LogP contribution < -0.4 is 16.4 Å². The number of nitrogens with two attached hydrogens (primary N) is 1. The van der Waals surface area contributed by atoms with Crippen LogP contribution >= 0.6 is 0 Å². The number of amides is 3. The van der Waals surface area contributed by atoms with Crippen molar-refractivity contribution in [2.75, 3.05) is 18.8 Å². The van der Waals surface area contributed by atoms with E-state index in [2.05, 4.69) is 5.32 Å².